The number of aromatic nitrogens is 3. The minimum Gasteiger partial charge on any atom is -0.394 e. The van der Waals surface area contributed by atoms with Crippen LogP contribution in [0.3, 0.4) is 0 Å². The van der Waals surface area contributed by atoms with Crippen molar-refractivity contribution in [2.45, 2.75) is 23.6 Å². The SMILES string of the molecule is Nc1ncnc2c1ccn2[C@@H]1O[C@H](CO)C(O)[C@]1(F)Cl. The maximum absolute atomic E-state index is 14.5. The smallest absolute Gasteiger partial charge is 0.256 e. The van der Waals surface area contributed by atoms with E-state index in [4.69, 9.17) is 27.2 Å². The first-order chi connectivity index (χ1) is 9.46. The highest BCUT2D eigenvalue weighted by molar-refractivity contribution is 6.23. The zero-order chi connectivity index (χ0) is 14.5. The number of aliphatic hydroxyl groups is 2. The second kappa shape index (κ2) is 4.52. The van der Waals surface area contributed by atoms with Crippen molar-refractivity contribution in [2.24, 2.45) is 0 Å². The van der Waals surface area contributed by atoms with E-state index in [1.807, 2.05) is 0 Å². The second-order valence-corrected chi connectivity index (χ2v) is 5.13. The summed E-state index contributed by atoms with van der Waals surface area (Å²) in [5.74, 6) is 0.241. The molecule has 0 amide bonds. The molecule has 4 atom stereocenters. The number of anilines is 1. The number of rotatable bonds is 2. The van der Waals surface area contributed by atoms with E-state index < -0.39 is 30.2 Å². The molecule has 7 nitrogen and oxygen atoms in total. The number of hydrogen-bond donors (Lipinski definition) is 3. The van der Waals surface area contributed by atoms with Gasteiger partial charge in [-0.05, 0) is 6.07 Å². The lowest BCUT2D eigenvalue weighted by Gasteiger charge is -2.22. The van der Waals surface area contributed by atoms with Gasteiger partial charge in [0.25, 0.3) is 5.13 Å². The Morgan fingerprint density at radius 1 is 1.55 bits per heavy atom. The first kappa shape index (κ1) is 13.5. The van der Waals surface area contributed by atoms with E-state index in [2.05, 4.69) is 9.97 Å². The van der Waals surface area contributed by atoms with E-state index in [9.17, 15) is 9.50 Å². The lowest BCUT2D eigenvalue weighted by molar-refractivity contribution is -0.0479. The summed E-state index contributed by atoms with van der Waals surface area (Å²) in [7, 11) is 0. The molecule has 20 heavy (non-hydrogen) atoms. The van der Waals surface area contributed by atoms with Gasteiger partial charge in [0.05, 0.1) is 12.0 Å². The molecule has 0 spiro atoms. The summed E-state index contributed by atoms with van der Waals surface area (Å²) in [6, 6.07) is 1.60. The van der Waals surface area contributed by atoms with Crippen LogP contribution in [0.15, 0.2) is 18.6 Å². The van der Waals surface area contributed by atoms with Crippen LogP contribution in [0.25, 0.3) is 11.0 Å². The first-order valence-electron chi connectivity index (χ1n) is 5.86. The first-order valence-corrected chi connectivity index (χ1v) is 6.23. The van der Waals surface area contributed by atoms with E-state index >= 15 is 0 Å². The van der Waals surface area contributed by atoms with Crippen LogP contribution in [-0.2, 0) is 4.74 Å². The Labute approximate surface area is 117 Å². The van der Waals surface area contributed by atoms with Crippen molar-refractivity contribution in [3.8, 4) is 0 Å². The van der Waals surface area contributed by atoms with Crippen LogP contribution in [0.5, 0.6) is 0 Å². The summed E-state index contributed by atoms with van der Waals surface area (Å²) >= 11 is 5.74. The van der Waals surface area contributed by atoms with Crippen molar-refractivity contribution in [2.75, 3.05) is 12.3 Å². The molecule has 4 N–H and O–H groups in total. The molecule has 1 aliphatic rings. The molecule has 0 aromatic carbocycles. The van der Waals surface area contributed by atoms with E-state index in [0.717, 1.165) is 0 Å². The Morgan fingerprint density at radius 2 is 2.30 bits per heavy atom. The molecule has 1 aliphatic heterocycles. The summed E-state index contributed by atoms with van der Waals surface area (Å²) < 4.78 is 21.1. The third kappa shape index (κ3) is 1.76. The second-order valence-electron chi connectivity index (χ2n) is 4.55. The third-order valence-corrected chi connectivity index (χ3v) is 3.76. The van der Waals surface area contributed by atoms with Crippen molar-refractivity contribution < 1.29 is 19.3 Å². The van der Waals surface area contributed by atoms with Crippen molar-refractivity contribution in [3.63, 3.8) is 0 Å². The quantitative estimate of drug-likeness (QED) is 0.683. The summed E-state index contributed by atoms with van der Waals surface area (Å²) in [5.41, 5.74) is 6.02. The number of halogens is 2. The molecule has 3 rings (SSSR count). The fourth-order valence-corrected chi connectivity index (χ4v) is 2.60. The molecule has 0 bridgehead atoms. The Balaban J connectivity index is 2.10. The predicted octanol–water partition coefficient (Wildman–Crippen LogP) is 0.169. The molecule has 1 saturated heterocycles. The molecule has 2 aromatic heterocycles. The lowest BCUT2D eigenvalue weighted by atomic mass is 10.1. The normalized spacial score (nSPS) is 33.9. The molecule has 108 valence electrons. The van der Waals surface area contributed by atoms with Crippen LogP contribution in [0.2, 0.25) is 0 Å². The molecule has 0 aliphatic carbocycles. The average Bonchev–Trinajstić information content (AvgIpc) is 2.92. The van der Waals surface area contributed by atoms with Gasteiger partial charge < -0.3 is 25.3 Å². The monoisotopic (exact) mass is 302 g/mol. The Hall–Kier alpha value is -1.48. The lowest BCUT2D eigenvalue weighted by Crippen LogP contribution is -2.38. The fourth-order valence-electron chi connectivity index (χ4n) is 2.30. The number of nitrogen functional groups attached to an aromatic ring is 1. The Bertz CT molecular complexity index is 650. The zero-order valence-electron chi connectivity index (χ0n) is 10.1. The van der Waals surface area contributed by atoms with Gasteiger partial charge in [-0.15, -0.1) is 0 Å². The molecule has 2 aromatic rings. The average molecular weight is 303 g/mol. The fraction of sp³-hybridized carbons (Fsp3) is 0.455. The van der Waals surface area contributed by atoms with Crippen LogP contribution in [0.4, 0.5) is 10.2 Å². The third-order valence-electron chi connectivity index (χ3n) is 3.35. The number of hydrogen-bond acceptors (Lipinski definition) is 6. The van der Waals surface area contributed by atoms with Crippen LogP contribution in [0, 0.1) is 0 Å². The van der Waals surface area contributed by atoms with Gasteiger partial charge in [-0.3, -0.25) is 0 Å². The maximum Gasteiger partial charge on any atom is 0.256 e. The van der Waals surface area contributed by atoms with E-state index in [-0.39, 0.29) is 5.82 Å². The van der Waals surface area contributed by atoms with Crippen LogP contribution in [0.1, 0.15) is 6.23 Å². The number of ether oxygens (including phenoxy) is 1. The van der Waals surface area contributed by atoms with Gasteiger partial charge >= 0.3 is 0 Å². The Morgan fingerprint density at radius 3 is 2.95 bits per heavy atom. The number of nitrogens with zero attached hydrogens (tertiary/aromatic N) is 3. The minimum atomic E-state index is -2.58. The topological polar surface area (TPSA) is 106 Å². The van der Waals surface area contributed by atoms with Gasteiger partial charge in [0.1, 0.15) is 30.0 Å². The number of fused-ring (bicyclic) bond motifs is 1. The Kier molecular flexibility index (Phi) is 3.05. The summed E-state index contributed by atoms with van der Waals surface area (Å²) in [5, 5.41) is 16.8. The number of alkyl halides is 2. The van der Waals surface area contributed by atoms with Gasteiger partial charge in [0, 0.05) is 6.20 Å². The standard InChI is InChI=1S/C11H12ClFN4O3/c12-11(13)7(19)6(3-18)20-10(11)17-2-1-5-8(14)15-4-16-9(5)17/h1-2,4,6-7,10,18-19H,3H2,(H2,14,15,16)/t6-,7?,10-,11-/m1/s1. The van der Waals surface area contributed by atoms with Crippen molar-refractivity contribution in [3.05, 3.63) is 18.6 Å². The van der Waals surface area contributed by atoms with E-state index in [1.165, 1.54) is 17.1 Å². The van der Waals surface area contributed by atoms with Crippen molar-refractivity contribution >= 4 is 28.5 Å². The summed E-state index contributed by atoms with van der Waals surface area (Å²) in [4.78, 5) is 7.84. The number of aliphatic hydroxyl groups excluding tert-OH is 2. The molecule has 1 unspecified atom stereocenters. The zero-order valence-corrected chi connectivity index (χ0v) is 10.9. The van der Waals surface area contributed by atoms with Gasteiger partial charge in [-0.25, -0.2) is 14.4 Å². The molecule has 3 heterocycles. The number of nitrogens with two attached hydrogens (primary N) is 1. The minimum absolute atomic E-state index is 0.241. The molecular weight excluding hydrogens is 291 g/mol. The van der Waals surface area contributed by atoms with Crippen LogP contribution >= 0.6 is 11.6 Å². The largest absolute Gasteiger partial charge is 0.394 e. The molecule has 0 radical (unpaired) electrons. The van der Waals surface area contributed by atoms with Crippen LogP contribution in [-0.4, -0.2) is 48.7 Å². The predicted molar refractivity (Wildman–Crippen MR) is 68.6 cm³/mol. The van der Waals surface area contributed by atoms with E-state index in [0.29, 0.717) is 11.0 Å². The maximum atomic E-state index is 14.5. The van der Waals surface area contributed by atoms with E-state index in [1.54, 1.807) is 6.07 Å². The van der Waals surface area contributed by atoms with Gasteiger partial charge in [0.2, 0.25) is 0 Å². The highest BCUT2D eigenvalue weighted by atomic mass is 35.5. The van der Waals surface area contributed by atoms with Gasteiger partial charge in [-0.1, -0.05) is 11.6 Å². The van der Waals surface area contributed by atoms with Gasteiger partial charge in [-0.2, -0.15) is 0 Å². The van der Waals surface area contributed by atoms with Crippen molar-refractivity contribution in [1.29, 1.82) is 0 Å². The molecule has 0 saturated carbocycles. The molecule has 9 heteroatoms. The molecular formula is C11H12ClFN4O3. The molecule has 1 fully saturated rings. The van der Waals surface area contributed by atoms with Crippen molar-refractivity contribution in [1.82, 2.24) is 14.5 Å². The highest BCUT2D eigenvalue weighted by Crippen LogP contribution is 2.45. The van der Waals surface area contributed by atoms with Gasteiger partial charge in [0.15, 0.2) is 6.23 Å². The highest BCUT2D eigenvalue weighted by Gasteiger charge is 2.57. The van der Waals surface area contributed by atoms with Crippen LogP contribution < -0.4 is 5.73 Å². The summed E-state index contributed by atoms with van der Waals surface area (Å²) in [6.45, 7) is -0.549. The summed E-state index contributed by atoms with van der Waals surface area (Å²) in [6.07, 6.45) is -1.38.